The number of nitrogens with one attached hydrogen (secondary N) is 1. The highest BCUT2D eigenvalue weighted by Gasteiger charge is 2.28. The number of rotatable bonds is 14. The van der Waals surface area contributed by atoms with Crippen LogP contribution in [0.5, 0.6) is 11.5 Å². The number of likely N-dealkylation sites (N-methyl/N-ethyl adjacent to an activating group) is 1. The number of amides is 2. The number of nitrogens with two attached hydrogens (primary N) is 1. The molecule has 7 heteroatoms. The molecule has 170 valence electrons. The Balaban J connectivity index is 2.69. The van der Waals surface area contributed by atoms with E-state index in [2.05, 4.69) is 5.32 Å². The molecule has 0 radical (unpaired) electrons. The molecule has 1 aromatic carbocycles. The van der Waals surface area contributed by atoms with Crippen molar-refractivity contribution in [2.24, 2.45) is 11.7 Å². The molecule has 0 aliphatic heterocycles. The maximum absolute atomic E-state index is 13.1. The predicted octanol–water partition coefficient (Wildman–Crippen LogP) is 2.75. The van der Waals surface area contributed by atoms with E-state index in [1.807, 2.05) is 32.0 Å². The largest absolute Gasteiger partial charge is 0.493 e. The summed E-state index contributed by atoms with van der Waals surface area (Å²) in [4.78, 5) is 27.1. The van der Waals surface area contributed by atoms with Crippen molar-refractivity contribution in [1.29, 1.82) is 0 Å². The van der Waals surface area contributed by atoms with Crippen molar-refractivity contribution >= 4 is 11.8 Å². The molecule has 0 saturated heterocycles. The van der Waals surface area contributed by atoms with Crippen molar-refractivity contribution in [3.05, 3.63) is 23.8 Å². The number of methoxy groups -OCH3 is 2. The first kappa shape index (κ1) is 25.8. The first-order chi connectivity index (χ1) is 14.4. The lowest BCUT2D eigenvalue weighted by atomic mass is 9.97. The van der Waals surface area contributed by atoms with Gasteiger partial charge in [0, 0.05) is 20.0 Å². The van der Waals surface area contributed by atoms with Crippen LogP contribution in [-0.2, 0) is 16.0 Å². The summed E-state index contributed by atoms with van der Waals surface area (Å²) in [6.07, 6.45) is 4.56. The minimum absolute atomic E-state index is 0.0554. The summed E-state index contributed by atoms with van der Waals surface area (Å²) in [7, 11) is 4.99. The van der Waals surface area contributed by atoms with Gasteiger partial charge in [-0.3, -0.25) is 9.59 Å². The van der Waals surface area contributed by atoms with Gasteiger partial charge in [-0.2, -0.15) is 0 Å². The fraction of sp³-hybridized carbons (Fsp3) is 0.652. The van der Waals surface area contributed by atoms with Crippen LogP contribution >= 0.6 is 0 Å². The summed E-state index contributed by atoms with van der Waals surface area (Å²) < 4.78 is 10.6. The van der Waals surface area contributed by atoms with E-state index in [-0.39, 0.29) is 17.7 Å². The Morgan fingerprint density at radius 3 is 2.43 bits per heavy atom. The number of hydrogen-bond acceptors (Lipinski definition) is 5. The summed E-state index contributed by atoms with van der Waals surface area (Å²) in [5.74, 6) is 1.29. The van der Waals surface area contributed by atoms with E-state index in [0.29, 0.717) is 37.4 Å². The average Bonchev–Trinajstić information content (AvgIpc) is 2.77. The van der Waals surface area contributed by atoms with Gasteiger partial charge in [0.05, 0.1) is 14.2 Å². The van der Waals surface area contributed by atoms with Crippen LogP contribution in [0, 0.1) is 5.92 Å². The minimum Gasteiger partial charge on any atom is -0.493 e. The van der Waals surface area contributed by atoms with Gasteiger partial charge in [0.2, 0.25) is 11.8 Å². The number of carbonyl (C=O) groups is 2. The van der Waals surface area contributed by atoms with Crippen LogP contribution < -0.4 is 20.5 Å². The fourth-order valence-electron chi connectivity index (χ4n) is 3.22. The summed E-state index contributed by atoms with van der Waals surface area (Å²) in [6.45, 7) is 5.22. The molecular formula is C23H39N3O4. The van der Waals surface area contributed by atoms with Crippen LogP contribution in [-0.4, -0.2) is 57.1 Å². The lowest BCUT2D eigenvalue weighted by Gasteiger charge is -2.28. The smallest absolute Gasteiger partial charge is 0.245 e. The maximum Gasteiger partial charge on any atom is 0.245 e. The van der Waals surface area contributed by atoms with Crippen molar-refractivity contribution in [1.82, 2.24) is 10.2 Å². The van der Waals surface area contributed by atoms with Gasteiger partial charge in [0.25, 0.3) is 0 Å². The second-order valence-corrected chi connectivity index (χ2v) is 7.73. The summed E-state index contributed by atoms with van der Waals surface area (Å²) in [5, 5.41) is 2.96. The van der Waals surface area contributed by atoms with Gasteiger partial charge in [-0.15, -0.1) is 0 Å². The Morgan fingerprint density at radius 2 is 1.83 bits per heavy atom. The molecule has 2 atom stereocenters. The number of unbranched alkanes of at least 4 members (excludes halogenated alkanes) is 2. The Kier molecular flexibility index (Phi) is 11.9. The first-order valence-electron chi connectivity index (χ1n) is 10.8. The second kappa shape index (κ2) is 13.9. The molecule has 0 unspecified atom stereocenters. The molecule has 0 saturated carbocycles. The Bertz CT molecular complexity index is 666. The van der Waals surface area contributed by atoms with Gasteiger partial charge in [-0.05, 0) is 49.4 Å². The van der Waals surface area contributed by atoms with Crippen molar-refractivity contribution in [2.45, 2.75) is 58.4 Å². The molecule has 0 aromatic heterocycles. The maximum atomic E-state index is 13.1. The van der Waals surface area contributed by atoms with Gasteiger partial charge >= 0.3 is 0 Å². The van der Waals surface area contributed by atoms with Crippen LogP contribution in [0.3, 0.4) is 0 Å². The molecule has 2 amide bonds. The van der Waals surface area contributed by atoms with Crippen LogP contribution in [0.4, 0.5) is 0 Å². The van der Waals surface area contributed by atoms with E-state index in [9.17, 15) is 9.59 Å². The molecule has 30 heavy (non-hydrogen) atoms. The van der Waals surface area contributed by atoms with E-state index in [1.54, 1.807) is 26.2 Å². The van der Waals surface area contributed by atoms with Gasteiger partial charge in [-0.1, -0.05) is 32.8 Å². The Hall–Kier alpha value is -2.28. The Morgan fingerprint density at radius 1 is 1.13 bits per heavy atom. The summed E-state index contributed by atoms with van der Waals surface area (Å²) in [5.41, 5.74) is 6.55. The number of ether oxygens (including phenoxy) is 2. The van der Waals surface area contributed by atoms with Crippen LogP contribution in [0.1, 0.15) is 51.5 Å². The van der Waals surface area contributed by atoms with Crippen LogP contribution in [0.15, 0.2) is 18.2 Å². The molecule has 0 fully saturated rings. The molecule has 1 aromatic rings. The van der Waals surface area contributed by atoms with Gasteiger partial charge < -0.3 is 25.4 Å². The third kappa shape index (κ3) is 8.22. The third-order valence-electron chi connectivity index (χ3n) is 5.46. The summed E-state index contributed by atoms with van der Waals surface area (Å²) in [6, 6.07) is 5.25. The normalized spacial score (nSPS) is 12.7. The van der Waals surface area contributed by atoms with E-state index >= 15 is 0 Å². The van der Waals surface area contributed by atoms with Crippen molar-refractivity contribution in [2.75, 3.05) is 34.4 Å². The third-order valence-corrected chi connectivity index (χ3v) is 5.46. The number of benzene rings is 1. The van der Waals surface area contributed by atoms with Crippen molar-refractivity contribution < 1.29 is 19.1 Å². The molecule has 0 aliphatic carbocycles. The second-order valence-electron chi connectivity index (χ2n) is 7.73. The fourth-order valence-corrected chi connectivity index (χ4v) is 3.22. The molecule has 1 rings (SSSR count). The highest BCUT2D eigenvalue weighted by molar-refractivity contribution is 5.87. The highest BCUT2D eigenvalue weighted by Crippen LogP contribution is 2.27. The van der Waals surface area contributed by atoms with E-state index in [0.717, 1.165) is 31.2 Å². The van der Waals surface area contributed by atoms with Crippen molar-refractivity contribution in [3.63, 3.8) is 0 Å². The molecule has 3 N–H and O–H groups in total. The number of nitrogens with zero attached hydrogens (tertiary/aromatic N) is 1. The predicted molar refractivity (Wildman–Crippen MR) is 120 cm³/mol. The lowest BCUT2D eigenvalue weighted by molar-refractivity contribution is -0.136. The lowest BCUT2D eigenvalue weighted by Crippen LogP contribution is -2.51. The molecule has 7 nitrogen and oxygen atoms in total. The zero-order valence-electron chi connectivity index (χ0n) is 19.2. The highest BCUT2D eigenvalue weighted by atomic mass is 16.5. The molecule has 0 bridgehead atoms. The van der Waals surface area contributed by atoms with Gasteiger partial charge in [-0.25, -0.2) is 0 Å². The van der Waals surface area contributed by atoms with E-state index < -0.39 is 6.04 Å². The van der Waals surface area contributed by atoms with Gasteiger partial charge in [0.1, 0.15) is 6.04 Å². The standard InChI is InChI=1S/C23H39N3O4/c1-6-17(2)22(25-21(27)10-8-7-9-14-24)23(28)26(3)15-13-18-11-12-19(29-4)20(16-18)30-5/h11-12,16-17,22H,6-10,13-15,24H2,1-5H3,(H,25,27)/t17-,22+/m1/s1. The molecular weight excluding hydrogens is 382 g/mol. The number of carbonyl (C=O) groups excluding carboxylic acids is 2. The summed E-state index contributed by atoms with van der Waals surface area (Å²) >= 11 is 0. The number of hydrogen-bond donors (Lipinski definition) is 2. The van der Waals surface area contributed by atoms with Gasteiger partial charge in [0.15, 0.2) is 11.5 Å². The quantitative estimate of drug-likeness (QED) is 0.451. The van der Waals surface area contributed by atoms with Crippen LogP contribution in [0.2, 0.25) is 0 Å². The monoisotopic (exact) mass is 421 g/mol. The molecule has 0 spiro atoms. The average molecular weight is 422 g/mol. The van der Waals surface area contributed by atoms with E-state index in [4.69, 9.17) is 15.2 Å². The Labute approximate surface area is 181 Å². The minimum atomic E-state index is -0.507. The molecule has 0 heterocycles. The van der Waals surface area contributed by atoms with E-state index in [1.165, 1.54) is 0 Å². The van der Waals surface area contributed by atoms with Crippen molar-refractivity contribution in [3.8, 4) is 11.5 Å². The first-order valence-corrected chi connectivity index (χ1v) is 10.8. The SMILES string of the molecule is CC[C@@H](C)[C@H](NC(=O)CCCCCN)C(=O)N(C)CCc1ccc(OC)c(OC)c1. The zero-order valence-corrected chi connectivity index (χ0v) is 19.2. The topological polar surface area (TPSA) is 93.9 Å². The zero-order chi connectivity index (χ0) is 22.5. The van der Waals surface area contributed by atoms with Crippen LogP contribution in [0.25, 0.3) is 0 Å². The molecule has 0 aliphatic rings.